The Labute approximate surface area is 117 Å². The molecule has 0 heterocycles. The predicted molar refractivity (Wildman–Crippen MR) is 73.1 cm³/mol. The van der Waals surface area contributed by atoms with Gasteiger partial charge in [-0.25, -0.2) is 0 Å². The fourth-order valence-electron chi connectivity index (χ4n) is 2.41. The van der Waals surface area contributed by atoms with Crippen molar-refractivity contribution in [3.8, 4) is 0 Å². The van der Waals surface area contributed by atoms with Gasteiger partial charge in [-0.05, 0) is 30.5 Å². The van der Waals surface area contributed by atoms with E-state index in [4.69, 9.17) is 16.7 Å². The van der Waals surface area contributed by atoms with Crippen molar-refractivity contribution in [2.24, 2.45) is 0 Å². The maximum Gasteiger partial charge on any atom is 0.230 e. The second-order valence-corrected chi connectivity index (χ2v) is 5.43. The van der Waals surface area contributed by atoms with Crippen LogP contribution in [-0.4, -0.2) is 35.4 Å². The Morgan fingerprint density at radius 3 is 2.74 bits per heavy atom. The van der Waals surface area contributed by atoms with Crippen LogP contribution >= 0.6 is 11.6 Å². The lowest BCUT2D eigenvalue weighted by atomic mass is 9.64. The molecule has 19 heavy (non-hydrogen) atoms. The van der Waals surface area contributed by atoms with E-state index in [9.17, 15) is 9.90 Å². The maximum absolute atomic E-state index is 12.3. The topological polar surface area (TPSA) is 69.6 Å². The molecule has 1 aliphatic carbocycles. The van der Waals surface area contributed by atoms with Crippen LogP contribution < -0.4 is 5.32 Å². The lowest BCUT2D eigenvalue weighted by Gasteiger charge is -2.41. The first-order valence-corrected chi connectivity index (χ1v) is 6.79. The van der Waals surface area contributed by atoms with E-state index in [1.165, 1.54) is 0 Å². The van der Waals surface area contributed by atoms with Gasteiger partial charge in [0.05, 0.1) is 18.1 Å². The van der Waals surface area contributed by atoms with Crippen LogP contribution in [0.1, 0.15) is 24.8 Å². The van der Waals surface area contributed by atoms with Crippen molar-refractivity contribution in [1.82, 2.24) is 5.32 Å². The Bertz CT molecular complexity index is 460. The molecule has 4 nitrogen and oxygen atoms in total. The molecule has 0 saturated heterocycles. The summed E-state index contributed by atoms with van der Waals surface area (Å²) in [4.78, 5) is 12.3. The van der Waals surface area contributed by atoms with Crippen LogP contribution in [0.5, 0.6) is 0 Å². The molecule has 1 saturated carbocycles. The minimum absolute atomic E-state index is 0.0671. The zero-order valence-corrected chi connectivity index (χ0v) is 11.4. The van der Waals surface area contributed by atoms with E-state index in [0.29, 0.717) is 5.02 Å². The third kappa shape index (κ3) is 2.91. The van der Waals surface area contributed by atoms with Gasteiger partial charge in [-0.15, -0.1) is 0 Å². The maximum atomic E-state index is 12.3. The molecule has 1 fully saturated rings. The molecule has 104 valence electrons. The highest BCUT2D eigenvalue weighted by Crippen LogP contribution is 2.44. The number of rotatable bonds is 5. The number of aliphatic hydroxyl groups is 2. The number of carbonyl (C=O) groups is 1. The average Bonchev–Trinajstić information content (AvgIpc) is 2.34. The van der Waals surface area contributed by atoms with Gasteiger partial charge in [0, 0.05) is 11.6 Å². The van der Waals surface area contributed by atoms with E-state index in [0.717, 1.165) is 24.8 Å². The Hall–Kier alpha value is -1.10. The second-order valence-electron chi connectivity index (χ2n) is 4.99. The van der Waals surface area contributed by atoms with Crippen LogP contribution in [0.4, 0.5) is 0 Å². The number of hydrogen-bond donors (Lipinski definition) is 3. The fraction of sp³-hybridized carbons (Fsp3) is 0.500. The zero-order valence-electron chi connectivity index (χ0n) is 10.6. The van der Waals surface area contributed by atoms with Crippen molar-refractivity contribution < 1.29 is 15.0 Å². The van der Waals surface area contributed by atoms with Crippen molar-refractivity contribution in [2.45, 2.75) is 30.8 Å². The summed E-state index contributed by atoms with van der Waals surface area (Å²) in [6, 6.07) is 7.36. The van der Waals surface area contributed by atoms with Crippen LogP contribution in [0.25, 0.3) is 0 Å². The minimum atomic E-state index is -0.916. The summed E-state index contributed by atoms with van der Waals surface area (Å²) in [5.74, 6) is -0.103. The molecule has 0 aliphatic heterocycles. The van der Waals surface area contributed by atoms with Crippen molar-refractivity contribution >= 4 is 17.5 Å². The molecular formula is C14H18ClNO3. The molecule has 1 atom stereocenters. The smallest absolute Gasteiger partial charge is 0.230 e. The first kappa shape index (κ1) is 14.3. The van der Waals surface area contributed by atoms with E-state index in [2.05, 4.69) is 5.32 Å². The molecule has 0 bridgehead atoms. The normalized spacial score (nSPS) is 18.5. The van der Waals surface area contributed by atoms with Crippen LogP contribution in [-0.2, 0) is 10.2 Å². The van der Waals surface area contributed by atoms with Crippen LogP contribution in [0.15, 0.2) is 24.3 Å². The van der Waals surface area contributed by atoms with Gasteiger partial charge in [0.2, 0.25) is 5.91 Å². The van der Waals surface area contributed by atoms with Gasteiger partial charge in [0.15, 0.2) is 0 Å². The molecule has 1 aromatic rings. The average molecular weight is 284 g/mol. The number of benzene rings is 1. The van der Waals surface area contributed by atoms with E-state index in [-0.39, 0.29) is 19.1 Å². The van der Waals surface area contributed by atoms with E-state index < -0.39 is 11.5 Å². The summed E-state index contributed by atoms with van der Waals surface area (Å²) in [6.45, 7) is -0.290. The van der Waals surface area contributed by atoms with Gasteiger partial charge in [-0.1, -0.05) is 30.2 Å². The monoisotopic (exact) mass is 283 g/mol. The van der Waals surface area contributed by atoms with Gasteiger partial charge in [0.25, 0.3) is 0 Å². The molecule has 1 amide bonds. The molecule has 0 radical (unpaired) electrons. The van der Waals surface area contributed by atoms with Crippen molar-refractivity contribution in [2.75, 3.05) is 13.2 Å². The molecule has 1 unspecified atom stereocenters. The summed E-state index contributed by atoms with van der Waals surface area (Å²) < 4.78 is 0. The fourth-order valence-corrected chi connectivity index (χ4v) is 2.60. The van der Waals surface area contributed by atoms with E-state index >= 15 is 0 Å². The van der Waals surface area contributed by atoms with Gasteiger partial charge in [0.1, 0.15) is 0 Å². The summed E-state index contributed by atoms with van der Waals surface area (Å²) in [5, 5.41) is 21.4. The minimum Gasteiger partial charge on any atom is -0.394 e. The van der Waals surface area contributed by atoms with Gasteiger partial charge in [-0.3, -0.25) is 4.79 Å². The lowest BCUT2D eigenvalue weighted by molar-refractivity contribution is -0.130. The number of amides is 1. The number of aliphatic hydroxyl groups excluding tert-OH is 2. The Morgan fingerprint density at radius 1 is 1.47 bits per heavy atom. The number of carbonyl (C=O) groups excluding carboxylic acids is 1. The zero-order chi connectivity index (χ0) is 13.9. The lowest BCUT2D eigenvalue weighted by Crippen LogP contribution is -2.51. The van der Waals surface area contributed by atoms with Crippen molar-refractivity contribution in [3.05, 3.63) is 34.9 Å². The molecule has 1 aliphatic rings. The quantitative estimate of drug-likeness (QED) is 0.761. The van der Waals surface area contributed by atoms with Crippen LogP contribution in [0, 0.1) is 0 Å². The summed E-state index contributed by atoms with van der Waals surface area (Å²) >= 11 is 5.98. The Balaban J connectivity index is 2.12. The second kappa shape index (κ2) is 5.90. The van der Waals surface area contributed by atoms with Gasteiger partial charge < -0.3 is 15.5 Å². The summed E-state index contributed by atoms with van der Waals surface area (Å²) in [6.07, 6.45) is 1.66. The Kier molecular flexibility index (Phi) is 4.45. The molecule has 3 N–H and O–H groups in total. The standard InChI is InChI=1S/C14H18ClNO3/c15-11-4-1-3-10(7-11)14(5-2-6-14)13(19)16-8-12(18)9-17/h1,3-4,7,12,17-18H,2,5-6,8-9H2,(H,16,19). The SMILES string of the molecule is O=C(NCC(O)CO)C1(c2cccc(Cl)c2)CCC1. The van der Waals surface area contributed by atoms with Crippen LogP contribution in [0.2, 0.25) is 5.02 Å². The molecule has 1 aromatic carbocycles. The van der Waals surface area contributed by atoms with Crippen molar-refractivity contribution in [1.29, 1.82) is 0 Å². The third-order valence-electron chi connectivity index (χ3n) is 3.73. The molecule has 5 heteroatoms. The van der Waals surface area contributed by atoms with Gasteiger partial charge >= 0.3 is 0 Å². The summed E-state index contributed by atoms with van der Waals surface area (Å²) in [7, 11) is 0. The summed E-state index contributed by atoms with van der Waals surface area (Å²) in [5.41, 5.74) is 0.391. The highest BCUT2D eigenvalue weighted by molar-refractivity contribution is 6.30. The highest BCUT2D eigenvalue weighted by Gasteiger charge is 2.45. The molecule has 2 rings (SSSR count). The Morgan fingerprint density at radius 2 is 2.21 bits per heavy atom. The molecule has 0 aromatic heterocycles. The first-order valence-electron chi connectivity index (χ1n) is 6.42. The number of nitrogens with one attached hydrogen (secondary N) is 1. The van der Waals surface area contributed by atoms with E-state index in [1.807, 2.05) is 18.2 Å². The number of halogens is 1. The third-order valence-corrected chi connectivity index (χ3v) is 3.96. The van der Waals surface area contributed by atoms with E-state index in [1.54, 1.807) is 6.07 Å². The van der Waals surface area contributed by atoms with Crippen molar-refractivity contribution in [3.63, 3.8) is 0 Å². The molecule has 0 spiro atoms. The van der Waals surface area contributed by atoms with Gasteiger partial charge in [-0.2, -0.15) is 0 Å². The highest BCUT2D eigenvalue weighted by atomic mass is 35.5. The number of hydrogen-bond acceptors (Lipinski definition) is 3. The van der Waals surface area contributed by atoms with Crippen LogP contribution in [0.3, 0.4) is 0 Å². The largest absolute Gasteiger partial charge is 0.394 e. The molecular weight excluding hydrogens is 266 g/mol. The first-order chi connectivity index (χ1) is 9.08. The predicted octanol–water partition coefficient (Wildman–Crippen LogP) is 1.23.